The van der Waals surface area contributed by atoms with Gasteiger partial charge in [-0.15, -0.1) is 0 Å². The molecule has 0 spiro atoms. The fraction of sp³-hybridized carbons (Fsp3) is 0.462. The third kappa shape index (κ3) is 4.07. The van der Waals surface area contributed by atoms with Crippen LogP contribution < -0.4 is 16.8 Å². The summed E-state index contributed by atoms with van der Waals surface area (Å²) in [6.45, 7) is 8.11. The van der Waals surface area contributed by atoms with Crippen LogP contribution in [0, 0.1) is 0 Å². The first-order chi connectivity index (χ1) is 7.98. The van der Waals surface area contributed by atoms with E-state index >= 15 is 0 Å². The van der Waals surface area contributed by atoms with E-state index in [0.29, 0.717) is 12.2 Å². The lowest BCUT2D eigenvalue weighted by molar-refractivity contribution is -0.126. The van der Waals surface area contributed by atoms with E-state index in [1.54, 1.807) is 31.2 Å². The standard InChI is InChI=1S/C11H17N3O.C2H6/c1-3-14-10(15)11(2,13)8-4-6-9(12)7-5-8;1-2/h4-7H,3,12-13H2,1-2H3,(H,14,15);1-2H3. The number of nitrogens with two attached hydrogens (primary N) is 2. The summed E-state index contributed by atoms with van der Waals surface area (Å²) in [5.41, 5.74) is 11.9. The Morgan fingerprint density at radius 1 is 1.29 bits per heavy atom. The summed E-state index contributed by atoms with van der Waals surface area (Å²) in [6.07, 6.45) is 0. The maximum atomic E-state index is 11.7. The smallest absolute Gasteiger partial charge is 0.244 e. The van der Waals surface area contributed by atoms with E-state index in [0.717, 1.165) is 5.56 Å². The first-order valence-electron chi connectivity index (χ1n) is 5.91. The van der Waals surface area contributed by atoms with Gasteiger partial charge in [-0.25, -0.2) is 0 Å². The van der Waals surface area contributed by atoms with Crippen molar-refractivity contribution in [1.82, 2.24) is 5.32 Å². The maximum Gasteiger partial charge on any atom is 0.244 e. The van der Waals surface area contributed by atoms with Gasteiger partial charge in [-0.3, -0.25) is 4.79 Å². The third-order valence-corrected chi connectivity index (χ3v) is 2.32. The lowest BCUT2D eigenvalue weighted by Gasteiger charge is -2.23. The summed E-state index contributed by atoms with van der Waals surface area (Å²) in [5, 5.41) is 2.70. The summed E-state index contributed by atoms with van der Waals surface area (Å²) in [7, 11) is 0. The van der Waals surface area contributed by atoms with Gasteiger partial charge in [0.25, 0.3) is 0 Å². The highest BCUT2D eigenvalue weighted by Gasteiger charge is 2.29. The van der Waals surface area contributed by atoms with E-state index in [4.69, 9.17) is 11.5 Å². The first kappa shape index (κ1) is 15.4. The molecule has 5 N–H and O–H groups in total. The van der Waals surface area contributed by atoms with Crippen molar-refractivity contribution in [2.45, 2.75) is 33.2 Å². The normalized spacial score (nSPS) is 13.0. The Balaban J connectivity index is 0.00000121. The zero-order chi connectivity index (χ0) is 13.5. The van der Waals surface area contributed by atoms with Gasteiger partial charge in [0.2, 0.25) is 5.91 Å². The van der Waals surface area contributed by atoms with E-state index in [2.05, 4.69) is 5.32 Å². The number of carbonyl (C=O) groups is 1. The molecule has 0 aliphatic heterocycles. The van der Waals surface area contributed by atoms with Gasteiger partial charge >= 0.3 is 0 Å². The second kappa shape index (κ2) is 6.91. The van der Waals surface area contributed by atoms with Crippen molar-refractivity contribution >= 4 is 11.6 Å². The SMILES string of the molecule is CC.CCNC(=O)C(C)(N)c1ccc(N)cc1. The molecule has 1 amide bonds. The second-order valence-corrected chi connectivity index (χ2v) is 3.68. The zero-order valence-corrected chi connectivity index (χ0v) is 11.1. The molecule has 1 unspecified atom stereocenters. The van der Waals surface area contributed by atoms with Crippen LogP contribution in [0.15, 0.2) is 24.3 Å². The van der Waals surface area contributed by atoms with Crippen molar-refractivity contribution in [3.05, 3.63) is 29.8 Å². The van der Waals surface area contributed by atoms with Crippen molar-refractivity contribution in [2.75, 3.05) is 12.3 Å². The predicted molar refractivity (Wildman–Crippen MR) is 72.4 cm³/mol. The Bertz CT molecular complexity index is 344. The summed E-state index contributed by atoms with van der Waals surface area (Å²) < 4.78 is 0. The topological polar surface area (TPSA) is 81.1 Å². The zero-order valence-electron chi connectivity index (χ0n) is 11.1. The van der Waals surface area contributed by atoms with Gasteiger partial charge in [-0.05, 0) is 31.5 Å². The van der Waals surface area contributed by atoms with Gasteiger partial charge in [0, 0.05) is 12.2 Å². The molecule has 0 fully saturated rings. The highest BCUT2D eigenvalue weighted by atomic mass is 16.2. The quantitative estimate of drug-likeness (QED) is 0.698. The first-order valence-corrected chi connectivity index (χ1v) is 5.91. The molecule has 0 bridgehead atoms. The molecule has 0 radical (unpaired) electrons. The van der Waals surface area contributed by atoms with Crippen molar-refractivity contribution in [3.8, 4) is 0 Å². The Labute approximate surface area is 103 Å². The summed E-state index contributed by atoms with van der Waals surface area (Å²) in [6, 6.07) is 7.01. The van der Waals surface area contributed by atoms with Crippen LogP contribution in [0.4, 0.5) is 5.69 Å². The second-order valence-electron chi connectivity index (χ2n) is 3.68. The molecule has 1 rings (SSSR count). The molecule has 4 nitrogen and oxygen atoms in total. The number of nitrogens with one attached hydrogen (secondary N) is 1. The van der Waals surface area contributed by atoms with Crippen LogP contribution in [-0.2, 0) is 10.3 Å². The van der Waals surface area contributed by atoms with E-state index < -0.39 is 5.54 Å². The lowest BCUT2D eigenvalue weighted by Crippen LogP contribution is -2.48. The molecular weight excluding hydrogens is 214 g/mol. The molecule has 96 valence electrons. The van der Waals surface area contributed by atoms with Gasteiger partial charge in [-0.2, -0.15) is 0 Å². The molecule has 1 aromatic carbocycles. The number of anilines is 1. The summed E-state index contributed by atoms with van der Waals surface area (Å²) >= 11 is 0. The molecule has 0 aliphatic rings. The van der Waals surface area contributed by atoms with E-state index in [-0.39, 0.29) is 5.91 Å². The van der Waals surface area contributed by atoms with Gasteiger partial charge in [0.15, 0.2) is 0 Å². The molecule has 17 heavy (non-hydrogen) atoms. The van der Waals surface area contributed by atoms with Crippen LogP contribution in [0.3, 0.4) is 0 Å². The minimum absolute atomic E-state index is 0.185. The number of hydrogen-bond acceptors (Lipinski definition) is 3. The molecule has 0 aliphatic carbocycles. The van der Waals surface area contributed by atoms with Crippen LogP contribution in [0.5, 0.6) is 0 Å². The fourth-order valence-corrected chi connectivity index (χ4v) is 1.30. The van der Waals surface area contributed by atoms with Gasteiger partial charge < -0.3 is 16.8 Å². The minimum atomic E-state index is -1.01. The van der Waals surface area contributed by atoms with E-state index in [9.17, 15) is 4.79 Å². The number of amides is 1. The Morgan fingerprint density at radius 3 is 2.18 bits per heavy atom. The van der Waals surface area contributed by atoms with Crippen LogP contribution in [0.2, 0.25) is 0 Å². The molecule has 0 heterocycles. The molecular formula is C13H23N3O. The average Bonchev–Trinajstić information content (AvgIpc) is 2.32. The van der Waals surface area contributed by atoms with Crippen LogP contribution in [0.1, 0.15) is 33.3 Å². The Hall–Kier alpha value is -1.55. The monoisotopic (exact) mass is 237 g/mol. The number of rotatable bonds is 3. The maximum absolute atomic E-state index is 11.7. The van der Waals surface area contributed by atoms with Crippen molar-refractivity contribution in [1.29, 1.82) is 0 Å². The lowest BCUT2D eigenvalue weighted by atomic mass is 9.92. The van der Waals surface area contributed by atoms with Crippen LogP contribution >= 0.6 is 0 Å². The molecule has 1 aromatic rings. The Morgan fingerprint density at radius 2 is 1.76 bits per heavy atom. The minimum Gasteiger partial charge on any atom is -0.399 e. The number of nitrogen functional groups attached to an aromatic ring is 1. The third-order valence-electron chi connectivity index (χ3n) is 2.32. The molecule has 0 saturated carbocycles. The summed E-state index contributed by atoms with van der Waals surface area (Å²) in [5.74, 6) is -0.185. The fourth-order valence-electron chi connectivity index (χ4n) is 1.30. The largest absolute Gasteiger partial charge is 0.399 e. The van der Waals surface area contributed by atoms with Crippen molar-refractivity contribution in [3.63, 3.8) is 0 Å². The Kier molecular flexibility index (Phi) is 6.28. The van der Waals surface area contributed by atoms with Crippen molar-refractivity contribution in [2.24, 2.45) is 5.73 Å². The summed E-state index contributed by atoms with van der Waals surface area (Å²) in [4.78, 5) is 11.7. The van der Waals surface area contributed by atoms with Crippen LogP contribution in [0.25, 0.3) is 0 Å². The van der Waals surface area contributed by atoms with Gasteiger partial charge in [0.05, 0.1) is 0 Å². The average molecular weight is 237 g/mol. The number of likely N-dealkylation sites (N-methyl/N-ethyl adjacent to an activating group) is 1. The number of benzene rings is 1. The highest BCUT2D eigenvalue weighted by Crippen LogP contribution is 2.19. The van der Waals surface area contributed by atoms with E-state index in [1.165, 1.54) is 0 Å². The molecule has 1 atom stereocenters. The molecule has 0 saturated heterocycles. The predicted octanol–water partition coefficient (Wildman–Crippen LogP) is 1.60. The van der Waals surface area contributed by atoms with Crippen LogP contribution in [-0.4, -0.2) is 12.5 Å². The van der Waals surface area contributed by atoms with Gasteiger partial charge in [-0.1, -0.05) is 26.0 Å². The number of carbonyl (C=O) groups excluding carboxylic acids is 1. The molecule has 0 aromatic heterocycles. The highest BCUT2D eigenvalue weighted by molar-refractivity contribution is 5.87. The van der Waals surface area contributed by atoms with E-state index in [1.807, 2.05) is 20.8 Å². The number of hydrogen-bond donors (Lipinski definition) is 3. The molecule has 4 heteroatoms. The van der Waals surface area contributed by atoms with Crippen molar-refractivity contribution < 1.29 is 4.79 Å². The van der Waals surface area contributed by atoms with Gasteiger partial charge in [0.1, 0.15) is 5.54 Å².